The average Bonchev–Trinajstić information content (AvgIpc) is 2.26. The van der Waals surface area contributed by atoms with Crippen molar-refractivity contribution in [1.29, 1.82) is 0 Å². The summed E-state index contributed by atoms with van der Waals surface area (Å²) < 4.78 is 0. The molecule has 1 aliphatic heterocycles. The molecule has 0 aromatic carbocycles. The summed E-state index contributed by atoms with van der Waals surface area (Å²) >= 11 is 0. The second-order valence-electron chi connectivity index (χ2n) is 6.14. The Hall–Kier alpha value is -1.10. The van der Waals surface area contributed by atoms with E-state index in [2.05, 4.69) is 26.1 Å². The molecule has 0 bridgehead atoms. The summed E-state index contributed by atoms with van der Waals surface area (Å²) in [4.78, 5) is 25.1. The van der Waals surface area contributed by atoms with Crippen LogP contribution in [0.5, 0.6) is 0 Å². The Morgan fingerprint density at radius 1 is 1.33 bits per heavy atom. The lowest BCUT2D eigenvalue weighted by Crippen LogP contribution is -2.59. The number of piperazine rings is 1. The lowest BCUT2D eigenvalue weighted by atomic mass is 9.93. The van der Waals surface area contributed by atoms with E-state index in [4.69, 9.17) is 5.73 Å². The van der Waals surface area contributed by atoms with E-state index in [1.54, 1.807) is 4.90 Å². The first-order chi connectivity index (χ1) is 8.35. The maximum Gasteiger partial charge on any atom is 0.312 e. The van der Waals surface area contributed by atoms with Gasteiger partial charge in [-0.25, -0.2) is 0 Å². The van der Waals surface area contributed by atoms with Crippen molar-refractivity contribution in [1.82, 2.24) is 10.2 Å². The van der Waals surface area contributed by atoms with Gasteiger partial charge in [-0.3, -0.25) is 9.59 Å². The van der Waals surface area contributed by atoms with Crippen LogP contribution < -0.4 is 11.1 Å². The fourth-order valence-corrected chi connectivity index (χ4v) is 2.19. The van der Waals surface area contributed by atoms with E-state index >= 15 is 0 Å². The first kappa shape index (κ1) is 15.0. The normalized spacial score (nSPS) is 21.1. The van der Waals surface area contributed by atoms with Crippen LogP contribution in [0.3, 0.4) is 0 Å². The van der Waals surface area contributed by atoms with Crippen LogP contribution in [0.15, 0.2) is 0 Å². The lowest BCUT2D eigenvalue weighted by Gasteiger charge is -2.39. The molecule has 1 rings (SSSR count). The maximum atomic E-state index is 11.9. The zero-order chi connectivity index (χ0) is 13.8. The van der Waals surface area contributed by atoms with Gasteiger partial charge < -0.3 is 16.0 Å². The van der Waals surface area contributed by atoms with Crippen molar-refractivity contribution < 1.29 is 9.59 Å². The molecule has 1 fully saturated rings. The zero-order valence-electron chi connectivity index (χ0n) is 11.7. The van der Waals surface area contributed by atoms with Crippen molar-refractivity contribution in [3.8, 4) is 0 Å². The van der Waals surface area contributed by atoms with Gasteiger partial charge in [0.15, 0.2) is 0 Å². The van der Waals surface area contributed by atoms with E-state index in [0.29, 0.717) is 19.6 Å². The lowest BCUT2D eigenvalue weighted by molar-refractivity contribution is -0.151. The molecule has 1 atom stereocenters. The van der Waals surface area contributed by atoms with Crippen LogP contribution in [-0.2, 0) is 9.59 Å². The van der Waals surface area contributed by atoms with Gasteiger partial charge in [0, 0.05) is 19.1 Å². The Labute approximate surface area is 109 Å². The number of nitrogens with two attached hydrogens (primary N) is 1. The van der Waals surface area contributed by atoms with Crippen LogP contribution in [0.2, 0.25) is 0 Å². The quantitative estimate of drug-likeness (QED) is 0.554. The predicted octanol–water partition coefficient (Wildman–Crippen LogP) is 0.489. The van der Waals surface area contributed by atoms with Crippen molar-refractivity contribution in [2.45, 2.75) is 46.1 Å². The van der Waals surface area contributed by atoms with E-state index < -0.39 is 11.8 Å². The van der Waals surface area contributed by atoms with Crippen LogP contribution in [0.25, 0.3) is 0 Å². The van der Waals surface area contributed by atoms with Crippen LogP contribution in [-0.4, -0.2) is 42.4 Å². The summed E-state index contributed by atoms with van der Waals surface area (Å²) in [5, 5.41) is 2.66. The van der Waals surface area contributed by atoms with Gasteiger partial charge >= 0.3 is 11.8 Å². The highest BCUT2D eigenvalue weighted by molar-refractivity contribution is 6.35. The van der Waals surface area contributed by atoms with Crippen molar-refractivity contribution in [2.75, 3.05) is 19.6 Å². The summed E-state index contributed by atoms with van der Waals surface area (Å²) in [5.74, 6) is -0.872. The van der Waals surface area contributed by atoms with E-state index in [1.165, 1.54) is 0 Å². The smallest absolute Gasteiger partial charge is 0.312 e. The standard InChI is InChI=1S/C13H25N3O2/c1-13(2,3)9-16-10(6-4-5-7-14)8-15-11(17)12(16)18/h10H,4-9,14H2,1-3H3,(H,15,17)/t10-/m0/s1. The van der Waals surface area contributed by atoms with Crippen molar-refractivity contribution >= 4 is 11.8 Å². The monoisotopic (exact) mass is 255 g/mol. The highest BCUT2D eigenvalue weighted by atomic mass is 16.2. The number of nitrogens with one attached hydrogen (secondary N) is 1. The first-order valence-electron chi connectivity index (χ1n) is 6.64. The molecule has 1 saturated heterocycles. The second-order valence-corrected chi connectivity index (χ2v) is 6.14. The van der Waals surface area contributed by atoms with Gasteiger partial charge in [-0.1, -0.05) is 27.2 Å². The molecular weight excluding hydrogens is 230 g/mol. The van der Waals surface area contributed by atoms with Crippen molar-refractivity contribution in [3.05, 3.63) is 0 Å². The van der Waals surface area contributed by atoms with Crippen molar-refractivity contribution in [2.24, 2.45) is 11.1 Å². The van der Waals surface area contributed by atoms with E-state index in [1.807, 2.05) is 0 Å². The number of nitrogens with zero attached hydrogens (tertiary/aromatic N) is 1. The highest BCUT2D eigenvalue weighted by Gasteiger charge is 2.35. The molecule has 5 heteroatoms. The third kappa shape index (κ3) is 4.29. The van der Waals surface area contributed by atoms with Gasteiger partial charge in [-0.2, -0.15) is 0 Å². The first-order valence-corrected chi connectivity index (χ1v) is 6.64. The summed E-state index contributed by atoms with van der Waals surface area (Å²) in [7, 11) is 0. The van der Waals surface area contributed by atoms with Crippen LogP contribution >= 0.6 is 0 Å². The Morgan fingerprint density at radius 3 is 2.56 bits per heavy atom. The van der Waals surface area contributed by atoms with Gasteiger partial charge in [-0.05, 0) is 24.8 Å². The molecule has 0 aliphatic carbocycles. The summed E-state index contributed by atoms with van der Waals surface area (Å²) in [6, 6.07) is 0.112. The summed E-state index contributed by atoms with van der Waals surface area (Å²) in [6.45, 7) is 8.07. The predicted molar refractivity (Wildman–Crippen MR) is 70.9 cm³/mol. The minimum absolute atomic E-state index is 0.000598. The van der Waals surface area contributed by atoms with Gasteiger partial charge in [0.05, 0.1) is 0 Å². The van der Waals surface area contributed by atoms with E-state index in [0.717, 1.165) is 19.3 Å². The second kappa shape index (κ2) is 6.18. The third-order valence-electron chi connectivity index (χ3n) is 3.03. The van der Waals surface area contributed by atoms with Crippen LogP contribution in [0.1, 0.15) is 40.0 Å². The molecule has 1 heterocycles. The Balaban J connectivity index is 2.67. The number of rotatable bonds is 5. The molecule has 18 heavy (non-hydrogen) atoms. The summed E-state index contributed by atoms with van der Waals surface area (Å²) in [5.41, 5.74) is 5.48. The minimum Gasteiger partial charge on any atom is -0.346 e. The Kier molecular flexibility index (Phi) is 5.14. The molecule has 104 valence electrons. The Morgan fingerprint density at radius 2 is 2.00 bits per heavy atom. The number of hydrogen-bond acceptors (Lipinski definition) is 3. The maximum absolute atomic E-state index is 11.9. The van der Waals surface area contributed by atoms with Gasteiger partial charge in [0.25, 0.3) is 0 Å². The highest BCUT2D eigenvalue weighted by Crippen LogP contribution is 2.20. The molecule has 2 amide bonds. The Bertz CT molecular complexity index is 310. The van der Waals surface area contributed by atoms with Gasteiger partial charge in [-0.15, -0.1) is 0 Å². The van der Waals surface area contributed by atoms with E-state index in [-0.39, 0.29) is 11.5 Å². The molecule has 5 nitrogen and oxygen atoms in total. The number of unbranched alkanes of at least 4 members (excludes halogenated alkanes) is 1. The summed E-state index contributed by atoms with van der Waals surface area (Å²) in [6.07, 6.45) is 2.85. The molecular formula is C13H25N3O2. The van der Waals surface area contributed by atoms with E-state index in [9.17, 15) is 9.59 Å². The van der Waals surface area contributed by atoms with Gasteiger partial charge in [0.1, 0.15) is 0 Å². The third-order valence-corrected chi connectivity index (χ3v) is 3.03. The van der Waals surface area contributed by atoms with Crippen LogP contribution in [0, 0.1) is 5.41 Å². The molecule has 0 radical (unpaired) electrons. The van der Waals surface area contributed by atoms with Crippen molar-refractivity contribution in [3.63, 3.8) is 0 Å². The molecule has 0 saturated carbocycles. The molecule has 0 unspecified atom stereocenters. The minimum atomic E-state index is -0.477. The average molecular weight is 255 g/mol. The molecule has 1 aliphatic rings. The number of amides is 2. The van der Waals surface area contributed by atoms with Gasteiger partial charge in [0.2, 0.25) is 0 Å². The molecule has 3 N–H and O–H groups in total. The zero-order valence-corrected chi connectivity index (χ0v) is 11.7. The fraction of sp³-hybridized carbons (Fsp3) is 0.846. The molecule has 0 aromatic heterocycles. The SMILES string of the molecule is CC(C)(C)CN1C(=O)C(=O)NC[C@@H]1CCCCN. The molecule has 0 spiro atoms. The van der Waals surface area contributed by atoms with Crippen LogP contribution in [0.4, 0.5) is 0 Å². The fourth-order valence-electron chi connectivity index (χ4n) is 2.19. The number of hydrogen-bond donors (Lipinski definition) is 2. The topological polar surface area (TPSA) is 75.4 Å². The largest absolute Gasteiger partial charge is 0.346 e. The number of carbonyl (C=O) groups is 2. The molecule has 0 aromatic rings. The number of carbonyl (C=O) groups excluding carboxylic acids is 2.